The van der Waals surface area contributed by atoms with Crippen LogP contribution in [-0.4, -0.2) is 76.6 Å². The Balaban J connectivity index is 0.00000275. The second-order valence-electron chi connectivity index (χ2n) is 13.5. The van der Waals surface area contributed by atoms with E-state index in [9.17, 15) is 34.5 Å². The maximum absolute atomic E-state index is 13.9. The van der Waals surface area contributed by atoms with Gasteiger partial charge in [0.15, 0.2) is 0 Å². The second kappa shape index (κ2) is 31.9. The van der Waals surface area contributed by atoms with Gasteiger partial charge >= 0.3 is 5.97 Å². The Morgan fingerprint density at radius 3 is 1.95 bits per heavy atom. The Kier molecular flexibility index (Phi) is 29.0. The molecule has 5 rings (SSSR count). The van der Waals surface area contributed by atoms with Gasteiger partial charge in [0.1, 0.15) is 23.6 Å². The number of fused-ring (bicyclic) bond motifs is 5. The summed E-state index contributed by atoms with van der Waals surface area (Å²) in [5.74, 6) is -3.18. The third-order valence-electron chi connectivity index (χ3n) is 9.32. The number of likely N-dealkylation sites (N-methyl/N-ethyl adjacent to an activating group) is 1. The number of nitrogens with one attached hydrogen (secondary N) is 3. The first-order valence-electron chi connectivity index (χ1n) is 22.5. The van der Waals surface area contributed by atoms with Gasteiger partial charge in [0.2, 0.25) is 11.8 Å². The molecule has 1 aliphatic rings. The number of aromatic hydroxyl groups is 2. The number of carboxylic acids is 1. The van der Waals surface area contributed by atoms with Gasteiger partial charge in [-0.05, 0) is 96.6 Å². The minimum Gasteiger partial charge on any atom is -0.507 e. The second-order valence-corrected chi connectivity index (χ2v) is 13.9. The molecule has 4 bridgehead atoms. The lowest BCUT2D eigenvalue weighted by Crippen LogP contribution is -2.48. The highest BCUT2D eigenvalue weighted by molar-refractivity contribution is 6.30. The number of nitrogens with zero attached hydrogens (tertiary/aromatic N) is 1. The number of benzene rings is 4. The van der Waals surface area contributed by atoms with Crippen LogP contribution in [0.4, 0.5) is 0 Å². The standard InChI is InChI=1S/C39H39ClN4O7.C4H11N.4C2H6/c1-4-5-29(20-41-37(48)26-8-6-24(7-9-26)25-10-13-28(40)14-11-25)44(3)35-27-12-15-33(45)30(19-27)31-17-23(16-22(2)36(31)47)18-32(39(50)51)43-34(46)21-42-38(35)49;1-2-3-4-5;4*1-2/h5-17,19,32,35,45,47H,4,18,20-21H2,1-3H3,(H,41,48)(H,42,49)(H,43,46)(H,50,51);2-5H2,1H3;4*1-2H3/b29-5+;;;;;. The van der Waals surface area contributed by atoms with Gasteiger partial charge in [-0.15, -0.1) is 0 Å². The molecule has 0 aliphatic carbocycles. The number of halogens is 1. The topological polar surface area (TPSA) is 194 Å². The van der Waals surface area contributed by atoms with E-state index >= 15 is 0 Å². The smallest absolute Gasteiger partial charge is 0.326 e. The highest BCUT2D eigenvalue weighted by atomic mass is 35.5. The highest BCUT2D eigenvalue weighted by Crippen LogP contribution is 2.40. The van der Waals surface area contributed by atoms with Crippen LogP contribution in [0.1, 0.15) is 122 Å². The van der Waals surface area contributed by atoms with Crippen molar-refractivity contribution >= 4 is 35.3 Å². The quantitative estimate of drug-likeness (QED) is 0.0811. The number of unbranched alkanes of at least 4 members (excludes halogenated alkanes) is 1. The van der Waals surface area contributed by atoms with Crippen LogP contribution in [0.15, 0.2) is 90.6 Å². The lowest BCUT2D eigenvalue weighted by molar-refractivity contribution is -0.141. The molecule has 1 heterocycles. The number of phenols is 2. The molecule has 13 heteroatoms. The van der Waals surface area contributed by atoms with Crippen molar-refractivity contribution in [3.8, 4) is 33.8 Å². The van der Waals surface area contributed by atoms with Gasteiger partial charge in [0.25, 0.3) is 5.91 Å². The number of amides is 3. The number of phenolic OH excluding ortho intramolecular Hbond substituents is 2. The average Bonchev–Trinajstić information content (AvgIpc) is 3.31. The number of aliphatic carboxylic acids is 1. The maximum atomic E-state index is 13.9. The summed E-state index contributed by atoms with van der Waals surface area (Å²) >= 11 is 6.01. The molecule has 0 spiro atoms. The van der Waals surface area contributed by atoms with Gasteiger partial charge in [-0.3, -0.25) is 14.4 Å². The lowest BCUT2D eigenvalue weighted by Gasteiger charge is -2.32. The van der Waals surface area contributed by atoms with E-state index < -0.39 is 36.4 Å². The molecular weight excluding hydrogens is 830 g/mol. The number of hydrogen-bond donors (Lipinski definition) is 7. The molecule has 64 heavy (non-hydrogen) atoms. The van der Waals surface area contributed by atoms with Crippen molar-refractivity contribution in [1.82, 2.24) is 20.9 Å². The minimum absolute atomic E-state index is 0.0552. The molecule has 4 aromatic carbocycles. The van der Waals surface area contributed by atoms with Crippen molar-refractivity contribution in [2.24, 2.45) is 5.73 Å². The zero-order valence-corrected chi connectivity index (χ0v) is 40.8. The number of nitrogens with two attached hydrogens (primary N) is 1. The molecule has 2 atom stereocenters. The monoisotopic (exact) mass is 904 g/mol. The Morgan fingerprint density at radius 2 is 1.44 bits per heavy atom. The van der Waals surface area contributed by atoms with Crippen LogP contribution >= 0.6 is 11.6 Å². The average molecular weight is 905 g/mol. The Hall–Kier alpha value is -5.85. The summed E-state index contributed by atoms with van der Waals surface area (Å²) in [6.45, 7) is 22.1. The SMILES string of the molecule is CC.CC.CC.CC.CC/C=C(\CNC(=O)c1ccc(-c2ccc(Cl)cc2)cc1)N(C)C1C(=O)NCC(=O)NC(C(=O)O)Cc2cc(C)c(O)c(c2)-c2cc1ccc2O.CCCCN. The summed E-state index contributed by atoms with van der Waals surface area (Å²) in [6, 6.07) is 19.9. The molecular formula is C51H74ClN5O7. The maximum Gasteiger partial charge on any atom is 0.326 e. The Labute approximate surface area is 387 Å². The number of aryl methyl sites for hydroxylation is 1. The predicted octanol–water partition coefficient (Wildman–Crippen LogP) is 10.2. The molecule has 3 amide bonds. The van der Waals surface area contributed by atoms with Crippen LogP contribution in [-0.2, 0) is 20.8 Å². The number of allylic oxidation sites excluding steroid dienone is 1. The first-order chi connectivity index (χ1) is 30.8. The van der Waals surface area contributed by atoms with E-state index in [-0.39, 0.29) is 41.5 Å². The molecule has 352 valence electrons. The molecule has 0 saturated heterocycles. The van der Waals surface area contributed by atoms with E-state index in [1.807, 2.05) is 92.7 Å². The molecule has 4 aromatic rings. The molecule has 0 saturated carbocycles. The van der Waals surface area contributed by atoms with Gasteiger partial charge in [-0.2, -0.15) is 0 Å². The van der Waals surface area contributed by atoms with E-state index in [0.717, 1.165) is 17.7 Å². The summed E-state index contributed by atoms with van der Waals surface area (Å²) in [6.07, 6.45) is 4.72. The summed E-state index contributed by atoms with van der Waals surface area (Å²) in [5.41, 5.74) is 9.88. The molecule has 12 nitrogen and oxygen atoms in total. The fourth-order valence-corrected chi connectivity index (χ4v) is 6.41. The van der Waals surface area contributed by atoms with Crippen LogP contribution in [0.25, 0.3) is 22.3 Å². The molecule has 0 aromatic heterocycles. The van der Waals surface area contributed by atoms with Crippen molar-refractivity contribution in [3.05, 3.63) is 118 Å². The van der Waals surface area contributed by atoms with Gasteiger partial charge in [-0.1, -0.05) is 130 Å². The van der Waals surface area contributed by atoms with E-state index in [2.05, 4.69) is 22.9 Å². The molecule has 1 aliphatic heterocycles. The van der Waals surface area contributed by atoms with Gasteiger partial charge in [0, 0.05) is 40.9 Å². The van der Waals surface area contributed by atoms with Gasteiger partial charge < -0.3 is 41.9 Å². The van der Waals surface area contributed by atoms with Crippen molar-refractivity contribution in [2.45, 2.75) is 114 Å². The number of hydrogen-bond acceptors (Lipinski definition) is 8. The number of rotatable bonds is 10. The van der Waals surface area contributed by atoms with Crippen LogP contribution < -0.4 is 21.7 Å². The van der Waals surface area contributed by atoms with Crippen molar-refractivity contribution in [2.75, 3.05) is 26.7 Å². The molecule has 8 N–H and O–H groups in total. The zero-order chi connectivity index (χ0) is 48.9. The summed E-state index contributed by atoms with van der Waals surface area (Å²) < 4.78 is 0. The van der Waals surface area contributed by atoms with Crippen LogP contribution in [0, 0.1) is 6.92 Å². The summed E-state index contributed by atoms with van der Waals surface area (Å²) in [7, 11) is 1.68. The van der Waals surface area contributed by atoms with E-state index in [1.165, 1.54) is 18.9 Å². The fraction of sp³-hybridized carbons (Fsp3) is 0.412. The predicted molar refractivity (Wildman–Crippen MR) is 264 cm³/mol. The van der Waals surface area contributed by atoms with E-state index in [1.54, 1.807) is 67.4 Å². The zero-order valence-electron chi connectivity index (χ0n) is 40.1. The summed E-state index contributed by atoms with van der Waals surface area (Å²) in [5, 5.41) is 40.5. The minimum atomic E-state index is -1.32. The largest absolute Gasteiger partial charge is 0.507 e. The van der Waals surface area contributed by atoms with Gasteiger partial charge in [-0.25, -0.2) is 4.79 Å². The third-order valence-corrected chi connectivity index (χ3v) is 9.58. The number of carbonyl (C=O) groups is 4. The first-order valence-corrected chi connectivity index (χ1v) is 22.9. The fourth-order valence-electron chi connectivity index (χ4n) is 6.29. The van der Waals surface area contributed by atoms with Crippen LogP contribution in [0.2, 0.25) is 5.02 Å². The van der Waals surface area contributed by atoms with Gasteiger partial charge in [0.05, 0.1) is 13.1 Å². The number of carboxylic acid groups (broad SMARTS) is 1. The van der Waals surface area contributed by atoms with Crippen LogP contribution in [0.3, 0.4) is 0 Å². The first kappa shape index (κ1) is 58.1. The Morgan fingerprint density at radius 1 is 0.859 bits per heavy atom. The molecule has 2 unspecified atom stereocenters. The van der Waals surface area contributed by atoms with Crippen molar-refractivity contribution in [1.29, 1.82) is 0 Å². The molecule has 0 radical (unpaired) electrons. The normalized spacial score (nSPS) is 14.1. The van der Waals surface area contributed by atoms with Crippen molar-refractivity contribution < 1.29 is 34.5 Å². The lowest BCUT2D eigenvalue weighted by atomic mass is 9.92. The highest BCUT2D eigenvalue weighted by Gasteiger charge is 2.30. The molecule has 0 fully saturated rings. The number of carbonyl (C=O) groups excluding carboxylic acids is 3. The van der Waals surface area contributed by atoms with E-state index in [0.29, 0.717) is 39.4 Å². The van der Waals surface area contributed by atoms with Crippen LogP contribution in [0.5, 0.6) is 11.5 Å². The Bertz CT molecular complexity index is 2050. The van der Waals surface area contributed by atoms with Crippen molar-refractivity contribution in [3.63, 3.8) is 0 Å². The summed E-state index contributed by atoms with van der Waals surface area (Å²) in [4.78, 5) is 53.8. The third kappa shape index (κ3) is 17.7. The van der Waals surface area contributed by atoms with E-state index in [4.69, 9.17) is 17.3 Å².